The zero-order chi connectivity index (χ0) is 20.8. The molecule has 0 saturated heterocycles. The lowest BCUT2D eigenvalue weighted by molar-refractivity contribution is 0.397. The number of pyridine rings is 1. The first-order chi connectivity index (χ1) is 14.1. The van der Waals surface area contributed by atoms with Gasteiger partial charge >= 0.3 is 0 Å². The number of fused-ring (bicyclic) bond motifs is 1. The lowest BCUT2D eigenvalue weighted by atomic mass is 10.1. The van der Waals surface area contributed by atoms with Crippen LogP contribution in [-0.2, 0) is 6.54 Å². The molecular weight excluding hydrogens is 362 g/mol. The summed E-state index contributed by atoms with van der Waals surface area (Å²) in [7, 11) is 0. The summed E-state index contributed by atoms with van der Waals surface area (Å²) < 4.78 is 1.30. The van der Waals surface area contributed by atoms with E-state index in [1.54, 1.807) is 13.1 Å². The minimum atomic E-state index is -0.443. The Kier molecular flexibility index (Phi) is 6.46. The molecule has 0 unspecified atom stereocenters. The van der Waals surface area contributed by atoms with Crippen LogP contribution in [0, 0.1) is 18.3 Å². The number of aromatic hydroxyl groups is 1. The van der Waals surface area contributed by atoms with Crippen LogP contribution in [0.15, 0.2) is 52.3 Å². The molecule has 5 heteroatoms. The number of aromatic nitrogens is 1. The van der Waals surface area contributed by atoms with Crippen molar-refractivity contribution in [3.05, 3.63) is 69.5 Å². The van der Waals surface area contributed by atoms with Crippen molar-refractivity contribution in [2.75, 3.05) is 0 Å². The second-order valence-electron chi connectivity index (χ2n) is 7.12. The van der Waals surface area contributed by atoms with E-state index in [0.717, 1.165) is 42.1 Å². The molecule has 0 fully saturated rings. The van der Waals surface area contributed by atoms with Crippen LogP contribution in [0.4, 0.5) is 5.69 Å². The van der Waals surface area contributed by atoms with Crippen molar-refractivity contribution in [2.24, 2.45) is 4.99 Å². The molecule has 5 nitrogen and oxygen atoms in total. The number of nitrogens with zero attached hydrogens (tertiary/aromatic N) is 3. The van der Waals surface area contributed by atoms with E-state index in [-0.39, 0.29) is 11.4 Å². The molecule has 1 N–H and O–H groups in total. The Morgan fingerprint density at radius 1 is 1.14 bits per heavy atom. The highest BCUT2D eigenvalue weighted by molar-refractivity contribution is 5.96. The van der Waals surface area contributed by atoms with E-state index in [2.05, 4.69) is 11.9 Å². The molecule has 1 aromatic heterocycles. The zero-order valence-corrected chi connectivity index (χ0v) is 16.9. The van der Waals surface area contributed by atoms with E-state index in [1.807, 2.05) is 48.5 Å². The Hall–Kier alpha value is -3.39. The summed E-state index contributed by atoms with van der Waals surface area (Å²) in [6.07, 6.45) is 5.45. The summed E-state index contributed by atoms with van der Waals surface area (Å²) >= 11 is 0. The van der Waals surface area contributed by atoms with Gasteiger partial charge in [0.1, 0.15) is 11.6 Å². The van der Waals surface area contributed by atoms with Crippen LogP contribution in [0.5, 0.6) is 5.88 Å². The SMILES string of the molecule is CCCCCCn1c(O)c(C=Nc2cccc3ccccc23)c(C)c(C#N)c1=O. The predicted molar refractivity (Wildman–Crippen MR) is 117 cm³/mol. The van der Waals surface area contributed by atoms with Gasteiger partial charge in [0.15, 0.2) is 0 Å². The molecule has 0 bridgehead atoms. The first kappa shape index (κ1) is 20.3. The maximum atomic E-state index is 12.6. The topological polar surface area (TPSA) is 78.4 Å². The molecule has 1 heterocycles. The first-order valence-electron chi connectivity index (χ1n) is 9.96. The van der Waals surface area contributed by atoms with Crippen molar-refractivity contribution in [1.29, 1.82) is 5.26 Å². The number of hydrogen-bond acceptors (Lipinski definition) is 4. The molecule has 0 aliphatic carbocycles. The maximum absolute atomic E-state index is 12.6. The summed E-state index contributed by atoms with van der Waals surface area (Å²) in [5, 5.41) is 22.3. The number of benzene rings is 2. The Bertz CT molecular complexity index is 1150. The van der Waals surface area contributed by atoms with Crippen LogP contribution >= 0.6 is 0 Å². The van der Waals surface area contributed by atoms with E-state index >= 15 is 0 Å². The van der Waals surface area contributed by atoms with Gasteiger partial charge in [-0.25, -0.2) is 0 Å². The largest absolute Gasteiger partial charge is 0.494 e. The summed E-state index contributed by atoms with van der Waals surface area (Å²) in [6, 6.07) is 15.8. The van der Waals surface area contributed by atoms with Crippen molar-refractivity contribution in [2.45, 2.75) is 46.1 Å². The van der Waals surface area contributed by atoms with Gasteiger partial charge in [0.25, 0.3) is 5.56 Å². The smallest absolute Gasteiger partial charge is 0.271 e. The highest BCUT2D eigenvalue weighted by atomic mass is 16.3. The summed E-state index contributed by atoms with van der Waals surface area (Å²) in [6.45, 7) is 4.17. The van der Waals surface area contributed by atoms with Gasteiger partial charge in [0.2, 0.25) is 5.88 Å². The molecule has 0 amide bonds. The summed E-state index contributed by atoms with van der Waals surface area (Å²) in [4.78, 5) is 17.2. The van der Waals surface area contributed by atoms with Crippen molar-refractivity contribution in [1.82, 2.24) is 4.57 Å². The third kappa shape index (κ3) is 4.22. The fourth-order valence-electron chi connectivity index (χ4n) is 3.48. The molecule has 0 saturated carbocycles. The van der Waals surface area contributed by atoms with Gasteiger partial charge in [-0.2, -0.15) is 5.26 Å². The monoisotopic (exact) mass is 387 g/mol. The Morgan fingerprint density at radius 2 is 1.90 bits per heavy atom. The maximum Gasteiger partial charge on any atom is 0.271 e. The molecule has 0 aliphatic rings. The van der Waals surface area contributed by atoms with E-state index in [4.69, 9.17) is 0 Å². The molecule has 2 aromatic carbocycles. The van der Waals surface area contributed by atoms with Crippen LogP contribution in [0.3, 0.4) is 0 Å². The third-order valence-electron chi connectivity index (χ3n) is 5.18. The fourth-order valence-corrected chi connectivity index (χ4v) is 3.48. The van der Waals surface area contributed by atoms with Crippen molar-refractivity contribution < 1.29 is 5.11 Å². The summed E-state index contributed by atoms with van der Waals surface area (Å²) in [5.74, 6) is -0.132. The average molecular weight is 387 g/mol. The fraction of sp³-hybridized carbons (Fsp3) is 0.292. The quantitative estimate of drug-likeness (QED) is 0.446. The molecule has 0 aliphatic heterocycles. The number of unbranched alkanes of at least 4 members (excludes halogenated alkanes) is 3. The van der Waals surface area contributed by atoms with Gasteiger partial charge in [0.05, 0.1) is 11.3 Å². The van der Waals surface area contributed by atoms with Gasteiger partial charge < -0.3 is 5.11 Å². The molecule has 0 radical (unpaired) electrons. The normalized spacial score (nSPS) is 11.2. The highest BCUT2D eigenvalue weighted by Gasteiger charge is 2.17. The van der Waals surface area contributed by atoms with Gasteiger partial charge in [-0.05, 0) is 30.4 Å². The van der Waals surface area contributed by atoms with Crippen LogP contribution in [0.1, 0.15) is 49.3 Å². The molecule has 3 rings (SSSR count). The van der Waals surface area contributed by atoms with E-state index in [0.29, 0.717) is 17.7 Å². The molecule has 29 heavy (non-hydrogen) atoms. The molecule has 3 aromatic rings. The second kappa shape index (κ2) is 9.20. The first-order valence-corrected chi connectivity index (χ1v) is 9.96. The zero-order valence-electron chi connectivity index (χ0n) is 16.9. The van der Waals surface area contributed by atoms with E-state index < -0.39 is 5.56 Å². The molecular formula is C24H25N3O2. The third-order valence-corrected chi connectivity index (χ3v) is 5.18. The van der Waals surface area contributed by atoms with E-state index in [9.17, 15) is 15.2 Å². The Labute approximate surface area is 170 Å². The molecule has 148 valence electrons. The number of nitriles is 1. The average Bonchev–Trinajstić information content (AvgIpc) is 2.73. The van der Waals surface area contributed by atoms with Crippen LogP contribution in [0.2, 0.25) is 0 Å². The van der Waals surface area contributed by atoms with E-state index in [1.165, 1.54) is 4.57 Å². The van der Waals surface area contributed by atoms with Crippen molar-refractivity contribution in [3.8, 4) is 11.9 Å². The Morgan fingerprint density at radius 3 is 2.66 bits per heavy atom. The standard InChI is InChI=1S/C24H25N3O2/c1-3-4-5-8-14-27-23(28)20(15-25)17(2)21(24(27)29)16-26-22-13-9-11-18-10-6-7-12-19(18)22/h6-7,9-13,16,29H,3-5,8,14H2,1-2H3. The van der Waals surface area contributed by atoms with Crippen molar-refractivity contribution >= 4 is 22.7 Å². The van der Waals surface area contributed by atoms with Crippen molar-refractivity contribution in [3.63, 3.8) is 0 Å². The van der Waals surface area contributed by atoms with Gasteiger partial charge in [-0.15, -0.1) is 0 Å². The van der Waals surface area contributed by atoms with Crippen LogP contribution < -0.4 is 5.56 Å². The van der Waals surface area contributed by atoms with Crippen LogP contribution in [-0.4, -0.2) is 15.9 Å². The van der Waals surface area contributed by atoms with Gasteiger partial charge in [0, 0.05) is 18.1 Å². The lowest BCUT2D eigenvalue weighted by Gasteiger charge is -2.14. The number of hydrogen-bond donors (Lipinski definition) is 1. The number of rotatable bonds is 7. The van der Waals surface area contributed by atoms with Gasteiger partial charge in [-0.1, -0.05) is 62.6 Å². The number of aliphatic imine (C=N–C) groups is 1. The minimum Gasteiger partial charge on any atom is -0.494 e. The predicted octanol–water partition coefficient (Wildman–Crippen LogP) is 5.22. The minimum absolute atomic E-state index is 0.0534. The highest BCUT2D eigenvalue weighted by Crippen LogP contribution is 2.27. The van der Waals surface area contributed by atoms with Crippen LogP contribution in [0.25, 0.3) is 10.8 Å². The molecule has 0 spiro atoms. The molecule has 0 atom stereocenters. The van der Waals surface area contributed by atoms with Gasteiger partial charge in [-0.3, -0.25) is 14.4 Å². The lowest BCUT2D eigenvalue weighted by Crippen LogP contribution is -2.25. The Balaban J connectivity index is 2.05. The second-order valence-corrected chi connectivity index (χ2v) is 7.12. The summed E-state index contributed by atoms with van der Waals surface area (Å²) in [5.41, 5.74) is 1.23.